The Balaban J connectivity index is 1.62. The van der Waals surface area contributed by atoms with Gasteiger partial charge in [-0.05, 0) is 24.5 Å². The van der Waals surface area contributed by atoms with E-state index in [0.717, 1.165) is 25.9 Å². The summed E-state index contributed by atoms with van der Waals surface area (Å²) in [5.41, 5.74) is 3.78. The highest BCUT2D eigenvalue weighted by atomic mass is 16.1. The summed E-state index contributed by atoms with van der Waals surface area (Å²) in [5.74, 6) is 0.676. The van der Waals surface area contributed by atoms with Crippen molar-refractivity contribution in [1.29, 1.82) is 0 Å². The Morgan fingerprint density at radius 1 is 1.11 bits per heavy atom. The first-order valence-corrected chi connectivity index (χ1v) is 9.02. The van der Waals surface area contributed by atoms with Crippen LogP contribution in [0.25, 0.3) is 11.4 Å². The van der Waals surface area contributed by atoms with Crippen LogP contribution in [0, 0.1) is 0 Å². The Morgan fingerprint density at radius 2 is 1.96 bits per heavy atom. The zero-order chi connectivity index (χ0) is 18.6. The van der Waals surface area contributed by atoms with Crippen LogP contribution in [-0.2, 0) is 13.5 Å². The van der Waals surface area contributed by atoms with Crippen molar-refractivity contribution in [3.63, 3.8) is 0 Å². The minimum absolute atomic E-state index is 0.0900. The lowest BCUT2D eigenvalue weighted by Crippen LogP contribution is -2.36. The molecule has 4 rings (SSSR count). The third-order valence-electron chi connectivity index (χ3n) is 4.74. The van der Waals surface area contributed by atoms with E-state index >= 15 is 0 Å². The fraction of sp³-hybridized carbons (Fsp3) is 0.238. The highest BCUT2D eigenvalue weighted by Gasteiger charge is 2.19. The molecule has 1 aliphatic heterocycles. The van der Waals surface area contributed by atoms with E-state index in [0.29, 0.717) is 17.3 Å². The van der Waals surface area contributed by atoms with Crippen molar-refractivity contribution in [2.45, 2.75) is 12.8 Å². The second-order valence-corrected chi connectivity index (χ2v) is 6.67. The summed E-state index contributed by atoms with van der Waals surface area (Å²) in [6, 6.07) is 13.7. The quantitative estimate of drug-likeness (QED) is 0.670. The summed E-state index contributed by atoms with van der Waals surface area (Å²) in [7, 11) is 1.77. The maximum atomic E-state index is 12.5. The Kier molecular flexibility index (Phi) is 4.78. The first kappa shape index (κ1) is 17.1. The van der Waals surface area contributed by atoms with Crippen molar-refractivity contribution in [2.24, 2.45) is 7.05 Å². The predicted molar refractivity (Wildman–Crippen MR) is 106 cm³/mol. The number of rotatable bonds is 4. The minimum atomic E-state index is -0.0900. The van der Waals surface area contributed by atoms with Gasteiger partial charge in [-0.1, -0.05) is 42.0 Å². The van der Waals surface area contributed by atoms with Crippen LogP contribution in [0.4, 0.5) is 5.95 Å². The Bertz CT molecular complexity index is 1010. The Labute approximate surface area is 157 Å². The molecule has 0 saturated heterocycles. The van der Waals surface area contributed by atoms with Crippen LogP contribution in [-0.4, -0.2) is 32.6 Å². The molecule has 6 heteroatoms. The first-order valence-electron chi connectivity index (χ1n) is 9.02. The average Bonchev–Trinajstić information content (AvgIpc) is 2.71. The van der Waals surface area contributed by atoms with Gasteiger partial charge in [0.15, 0.2) is 0 Å². The van der Waals surface area contributed by atoms with Gasteiger partial charge in [0.25, 0.3) is 5.56 Å². The highest BCUT2D eigenvalue weighted by molar-refractivity contribution is 5.55. The first-order chi connectivity index (χ1) is 13.2. The number of hydrogen-bond acceptors (Lipinski definition) is 5. The molecule has 0 unspecified atom stereocenters. The minimum Gasteiger partial charge on any atom is -0.338 e. The molecule has 0 N–H and O–H groups in total. The molecule has 1 aliphatic rings. The molecule has 0 amide bonds. The van der Waals surface area contributed by atoms with Crippen LogP contribution in [0.5, 0.6) is 0 Å². The summed E-state index contributed by atoms with van der Waals surface area (Å²) in [5, 5.41) is 0. The van der Waals surface area contributed by atoms with Gasteiger partial charge in [0.1, 0.15) is 6.33 Å². The van der Waals surface area contributed by atoms with Crippen molar-refractivity contribution in [2.75, 3.05) is 18.0 Å². The van der Waals surface area contributed by atoms with E-state index in [4.69, 9.17) is 4.98 Å². The summed E-state index contributed by atoms with van der Waals surface area (Å²) >= 11 is 0. The lowest BCUT2D eigenvalue weighted by atomic mass is 10.0. The van der Waals surface area contributed by atoms with Crippen LogP contribution in [0.2, 0.25) is 0 Å². The van der Waals surface area contributed by atoms with E-state index < -0.39 is 0 Å². The van der Waals surface area contributed by atoms with Crippen molar-refractivity contribution in [3.05, 3.63) is 82.6 Å². The molecule has 6 nitrogen and oxygen atoms in total. The Hall–Kier alpha value is -3.28. The van der Waals surface area contributed by atoms with E-state index in [1.54, 1.807) is 23.9 Å². The summed E-state index contributed by atoms with van der Waals surface area (Å²) in [6.45, 7) is 1.61. The van der Waals surface area contributed by atoms with Gasteiger partial charge in [0.05, 0.1) is 11.4 Å². The van der Waals surface area contributed by atoms with Crippen molar-refractivity contribution in [3.8, 4) is 11.4 Å². The molecule has 0 saturated carbocycles. The normalized spacial score (nSPS) is 14.1. The van der Waals surface area contributed by atoms with E-state index in [-0.39, 0.29) is 5.56 Å². The van der Waals surface area contributed by atoms with E-state index in [1.165, 1.54) is 23.5 Å². The third-order valence-corrected chi connectivity index (χ3v) is 4.74. The fourth-order valence-corrected chi connectivity index (χ4v) is 3.35. The van der Waals surface area contributed by atoms with Crippen LogP contribution in [0.1, 0.15) is 12.0 Å². The van der Waals surface area contributed by atoms with Crippen LogP contribution in [0.3, 0.4) is 0 Å². The standard InChI is InChI=1S/C21H21N5O/c1-25-20(27)13-19(18-9-10-22-15-23-18)24-21(25)26-11-5-8-17(14-26)12-16-6-3-2-4-7-16/h2-4,6-10,13,15H,5,11-12,14H2,1H3. The van der Waals surface area contributed by atoms with E-state index in [9.17, 15) is 4.79 Å². The SMILES string of the molecule is Cn1c(N2CCC=C(Cc3ccccc3)C2)nc(-c2ccncn2)cc1=O. The average molecular weight is 359 g/mol. The maximum absolute atomic E-state index is 12.5. The van der Waals surface area contributed by atoms with Gasteiger partial charge in [-0.25, -0.2) is 15.0 Å². The summed E-state index contributed by atoms with van der Waals surface area (Å²) < 4.78 is 1.61. The van der Waals surface area contributed by atoms with Gasteiger partial charge in [-0.15, -0.1) is 0 Å². The molecule has 0 bridgehead atoms. The summed E-state index contributed by atoms with van der Waals surface area (Å²) in [6.07, 6.45) is 7.28. The molecule has 0 radical (unpaired) electrons. The predicted octanol–water partition coefficient (Wildman–Crippen LogP) is 2.62. The molecule has 2 aromatic heterocycles. The highest BCUT2D eigenvalue weighted by Crippen LogP contribution is 2.21. The zero-order valence-corrected chi connectivity index (χ0v) is 15.2. The van der Waals surface area contributed by atoms with Gasteiger partial charge < -0.3 is 4.90 Å². The molecule has 1 aromatic carbocycles. The molecule has 3 aromatic rings. The number of hydrogen-bond donors (Lipinski definition) is 0. The third kappa shape index (κ3) is 3.79. The van der Waals surface area contributed by atoms with Crippen LogP contribution in [0.15, 0.2) is 71.4 Å². The Morgan fingerprint density at radius 3 is 2.74 bits per heavy atom. The molecular formula is C21H21N5O. The van der Waals surface area contributed by atoms with Crippen molar-refractivity contribution < 1.29 is 0 Å². The smallest absolute Gasteiger partial charge is 0.255 e. The molecule has 0 aliphatic carbocycles. The fourth-order valence-electron chi connectivity index (χ4n) is 3.35. The van der Waals surface area contributed by atoms with Gasteiger partial charge in [0.2, 0.25) is 5.95 Å². The van der Waals surface area contributed by atoms with E-state index in [2.05, 4.69) is 45.2 Å². The molecule has 0 atom stereocenters. The molecule has 3 heterocycles. The zero-order valence-electron chi connectivity index (χ0n) is 15.2. The lowest BCUT2D eigenvalue weighted by Gasteiger charge is -2.29. The largest absolute Gasteiger partial charge is 0.338 e. The van der Waals surface area contributed by atoms with Gasteiger partial charge in [-0.2, -0.15) is 0 Å². The molecular weight excluding hydrogens is 338 g/mol. The molecule has 27 heavy (non-hydrogen) atoms. The van der Waals surface area contributed by atoms with Crippen LogP contribution >= 0.6 is 0 Å². The van der Waals surface area contributed by atoms with Crippen molar-refractivity contribution >= 4 is 5.95 Å². The van der Waals surface area contributed by atoms with E-state index in [1.807, 2.05) is 6.07 Å². The second kappa shape index (κ2) is 7.53. The maximum Gasteiger partial charge on any atom is 0.255 e. The molecule has 0 spiro atoms. The number of nitrogens with zero attached hydrogens (tertiary/aromatic N) is 5. The molecule has 136 valence electrons. The second-order valence-electron chi connectivity index (χ2n) is 6.67. The van der Waals surface area contributed by atoms with Gasteiger partial charge in [-0.3, -0.25) is 9.36 Å². The van der Waals surface area contributed by atoms with Gasteiger partial charge in [0, 0.05) is 32.4 Å². The van der Waals surface area contributed by atoms with Crippen molar-refractivity contribution in [1.82, 2.24) is 19.5 Å². The lowest BCUT2D eigenvalue weighted by molar-refractivity contribution is 0.700. The monoisotopic (exact) mass is 359 g/mol. The number of aromatic nitrogens is 4. The van der Waals surface area contributed by atoms with Gasteiger partial charge >= 0.3 is 0 Å². The number of anilines is 1. The topological polar surface area (TPSA) is 63.9 Å². The summed E-state index contributed by atoms with van der Waals surface area (Å²) in [4.78, 5) is 27.6. The molecule has 0 fully saturated rings. The van der Waals surface area contributed by atoms with Crippen LogP contribution < -0.4 is 10.5 Å². The number of benzene rings is 1.